The molecule has 0 radical (unpaired) electrons. The van der Waals surface area contributed by atoms with Crippen LogP contribution in [0.25, 0.3) is 0 Å². The van der Waals surface area contributed by atoms with Crippen LogP contribution in [-0.2, 0) is 19.0 Å². The van der Waals surface area contributed by atoms with Crippen molar-refractivity contribution in [2.24, 2.45) is 0 Å². The van der Waals surface area contributed by atoms with Crippen molar-refractivity contribution in [2.75, 3.05) is 13.7 Å². The van der Waals surface area contributed by atoms with Gasteiger partial charge in [0.25, 0.3) is 0 Å². The van der Waals surface area contributed by atoms with E-state index in [0.717, 1.165) is 5.57 Å². The normalized spacial score (nSPS) is 24.0. The fraction of sp³-hybridized carbons (Fsp3) is 0.650. The second-order valence-electron chi connectivity index (χ2n) is 7.03. The molecule has 140 valence electrons. The largest absolute Gasteiger partial charge is 0.469 e. The lowest BCUT2D eigenvalue weighted by atomic mass is 10.0. The van der Waals surface area contributed by atoms with Crippen molar-refractivity contribution in [3.05, 3.63) is 23.8 Å². The topological polar surface area (TPSA) is 65.0 Å². The van der Waals surface area contributed by atoms with Crippen molar-refractivity contribution in [3.8, 4) is 11.8 Å². The molecule has 0 saturated carbocycles. The molecule has 1 aliphatic heterocycles. The molecule has 0 amide bonds. The number of methoxy groups -OCH3 is 1. The molecule has 0 aromatic heterocycles. The maximum Gasteiger partial charge on any atom is 0.305 e. The SMILES string of the molecule is COC(=O)CC[C@H](O)/C=C\C=C(/C)CC#CC[C@@]1(C)COC(C)(C)O1. The van der Waals surface area contributed by atoms with Crippen molar-refractivity contribution in [2.45, 2.75) is 70.9 Å². The van der Waals surface area contributed by atoms with E-state index in [0.29, 0.717) is 25.9 Å². The number of ether oxygens (including phenoxy) is 3. The van der Waals surface area contributed by atoms with Crippen molar-refractivity contribution in [1.82, 2.24) is 0 Å². The number of esters is 1. The Labute approximate surface area is 151 Å². The molecule has 0 aromatic rings. The van der Waals surface area contributed by atoms with Gasteiger partial charge in [-0.2, -0.15) is 0 Å². The van der Waals surface area contributed by atoms with Gasteiger partial charge in [-0.3, -0.25) is 4.79 Å². The van der Waals surface area contributed by atoms with E-state index in [1.165, 1.54) is 7.11 Å². The molecule has 1 fully saturated rings. The van der Waals surface area contributed by atoms with E-state index in [2.05, 4.69) is 16.6 Å². The minimum Gasteiger partial charge on any atom is -0.469 e. The molecule has 0 spiro atoms. The summed E-state index contributed by atoms with van der Waals surface area (Å²) in [6.07, 6.45) is 6.55. The first kappa shape index (κ1) is 21.4. The monoisotopic (exact) mass is 350 g/mol. The summed E-state index contributed by atoms with van der Waals surface area (Å²) in [5, 5.41) is 9.74. The van der Waals surface area contributed by atoms with Gasteiger partial charge in [-0.1, -0.05) is 35.6 Å². The Balaban J connectivity index is 2.34. The summed E-state index contributed by atoms with van der Waals surface area (Å²) >= 11 is 0. The van der Waals surface area contributed by atoms with E-state index >= 15 is 0 Å². The molecule has 0 aromatic carbocycles. The quantitative estimate of drug-likeness (QED) is 0.434. The molecule has 0 unspecified atom stereocenters. The van der Waals surface area contributed by atoms with Gasteiger partial charge < -0.3 is 19.3 Å². The van der Waals surface area contributed by atoms with Gasteiger partial charge in [0, 0.05) is 19.3 Å². The van der Waals surface area contributed by atoms with Crippen LogP contribution in [0.2, 0.25) is 0 Å². The number of hydrogen-bond acceptors (Lipinski definition) is 5. The van der Waals surface area contributed by atoms with Gasteiger partial charge in [0.2, 0.25) is 0 Å². The molecule has 1 N–H and O–H groups in total. The fourth-order valence-corrected chi connectivity index (χ4v) is 2.39. The standard InChI is InChI=1S/C20H30O5/c1-16(10-8-11-17(21)12-13-18(22)23-5)9-6-7-14-20(4)15-24-19(2,3)25-20/h8,10-11,17,21H,9,12-15H2,1-5H3/b11-8-,16-10+/t17-,20+/m1/s1. The Kier molecular flexibility index (Phi) is 8.37. The molecular weight excluding hydrogens is 320 g/mol. The highest BCUT2D eigenvalue weighted by Gasteiger charge is 2.41. The minimum atomic E-state index is -0.656. The first-order valence-electron chi connectivity index (χ1n) is 8.54. The third-order valence-electron chi connectivity index (χ3n) is 3.76. The van der Waals surface area contributed by atoms with Crippen LogP contribution in [0.5, 0.6) is 0 Å². The smallest absolute Gasteiger partial charge is 0.305 e. The molecule has 0 bridgehead atoms. The highest BCUT2D eigenvalue weighted by Crippen LogP contribution is 2.32. The second kappa shape index (κ2) is 9.76. The third kappa shape index (κ3) is 8.87. The van der Waals surface area contributed by atoms with E-state index in [1.807, 2.05) is 33.8 Å². The Morgan fingerprint density at radius 1 is 1.36 bits per heavy atom. The maximum atomic E-state index is 11.0. The number of aliphatic hydroxyl groups excluding tert-OH is 1. The van der Waals surface area contributed by atoms with Crippen LogP contribution >= 0.6 is 0 Å². The van der Waals surface area contributed by atoms with E-state index in [9.17, 15) is 9.90 Å². The van der Waals surface area contributed by atoms with Gasteiger partial charge in [0.15, 0.2) is 5.79 Å². The van der Waals surface area contributed by atoms with Gasteiger partial charge in [-0.25, -0.2) is 0 Å². The zero-order valence-electron chi connectivity index (χ0n) is 15.9. The highest BCUT2D eigenvalue weighted by atomic mass is 16.7. The molecule has 1 aliphatic rings. The van der Waals surface area contributed by atoms with Crippen LogP contribution in [0, 0.1) is 11.8 Å². The van der Waals surface area contributed by atoms with Crippen LogP contribution in [-0.4, -0.2) is 42.3 Å². The van der Waals surface area contributed by atoms with E-state index in [4.69, 9.17) is 9.47 Å². The Hall–Kier alpha value is -1.61. The molecule has 1 heterocycles. The van der Waals surface area contributed by atoms with E-state index in [-0.39, 0.29) is 18.0 Å². The molecule has 25 heavy (non-hydrogen) atoms. The van der Waals surface area contributed by atoms with E-state index in [1.54, 1.807) is 12.2 Å². The Bertz CT molecular complexity index is 564. The summed E-state index contributed by atoms with van der Waals surface area (Å²) in [6.45, 7) is 8.36. The third-order valence-corrected chi connectivity index (χ3v) is 3.76. The minimum absolute atomic E-state index is 0.206. The van der Waals surface area contributed by atoms with Crippen molar-refractivity contribution >= 4 is 5.97 Å². The van der Waals surface area contributed by atoms with Gasteiger partial charge >= 0.3 is 5.97 Å². The van der Waals surface area contributed by atoms with Crippen molar-refractivity contribution in [1.29, 1.82) is 0 Å². The fourth-order valence-electron chi connectivity index (χ4n) is 2.39. The summed E-state index contributed by atoms with van der Waals surface area (Å²) in [7, 11) is 1.34. The molecular formula is C20H30O5. The molecule has 2 atom stereocenters. The molecule has 5 heteroatoms. The number of hydrogen-bond donors (Lipinski definition) is 1. The Morgan fingerprint density at radius 2 is 2.08 bits per heavy atom. The molecule has 5 nitrogen and oxygen atoms in total. The van der Waals surface area contributed by atoms with Gasteiger partial charge in [0.1, 0.15) is 5.60 Å². The summed E-state index contributed by atoms with van der Waals surface area (Å²) in [5.41, 5.74) is 0.746. The lowest BCUT2D eigenvalue weighted by molar-refractivity contribution is -0.156. The summed E-state index contributed by atoms with van der Waals surface area (Å²) in [4.78, 5) is 11.0. The predicted molar refractivity (Wildman–Crippen MR) is 96.7 cm³/mol. The number of allylic oxidation sites excluding steroid dienone is 3. The average molecular weight is 350 g/mol. The van der Waals surface area contributed by atoms with Crippen LogP contribution in [0.3, 0.4) is 0 Å². The zero-order chi connectivity index (χ0) is 18.9. The maximum absolute atomic E-state index is 11.0. The summed E-state index contributed by atoms with van der Waals surface area (Å²) in [5.74, 6) is 5.44. The zero-order valence-corrected chi connectivity index (χ0v) is 15.9. The molecule has 0 aliphatic carbocycles. The average Bonchev–Trinajstić information content (AvgIpc) is 2.83. The lowest BCUT2D eigenvalue weighted by Crippen LogP contribution is -2.30. The Morgan fingerprint density at radius 3 is 2.68 bits per heavy atom. The van der Waals surface area contributed by atoms with Crippen LogP contribution < -0.4 is 0 Å². The number of carbonyl (C=O) groups excluding carboxylic acids is 1. The van der Waals surface area contributed by atoms with Crippen LogP contribution in [0.1, 0.15) is 53.4 Å². The lowest BCUT2D eigenvalue weighted by Gasteiger charge is -2.22. The van der Waals surface area contributed by atoms with Crippen molar-refractivity contribution in [3.63, 3.8) is 0 Å². The number of carbonyl (C=O) groups is 1. The highest BCUT2D eigenvalue weighted by molar-refractivity contribution is 5.69. The van der Waals surface area contributed by atoms with E-state index < -0.39 is 11.9 Å². The molecule has 1 rings (SSSR count). The van der Waals surface area contributed by atoms with Gasteiger partial charge in [-0.05, 0) is 34.1 Å². The van der Waals surface area contributed by atoms with Crippen molar-refractivity contribution < 1.29 is 24.1 Å². The van der Waals surface area contributed by atoms with Gasteiger partial charge in [-0.15, -0.1) is 0 Å². The molecule has 1 saturated heterocycles. The van der Waals surface area contributed by atoms with Gasteiger partial charge in [0.05, 0.1) is 19.8 Å². The number of rotatable bonds is 7. The second-order valence-corrected chi connectivity index (χ2v) is 7.03. The first-order chi connectivity index (χ1) is 11.7. The summed E-state index contributed by atoms with van der Waals surface area (Å²) in [6, 6.07) is 0. The summed E-state index contributed by atoms with van der Waals surface area (Å²) < 4.78 is 16.0. The number of aliphatic hydroxyl groups is 1. The predicted octanol–water partition coefficient (Wildman–Crippen LogP) is 3.13. The van der Waals surface area contributed by atoms with Crippen LogP contribution in [0.4, 0.5) is 0 Å². The van der Waals surface area contributed by atoms with Crippen LogP contribution in [0.15, 0.2) is 23.8 Å². The first-order valence-corrected chi connectivity index (χ1v) is 8.54.